The van der Waals surface area contributed by atoms with Crippen molar-refractivity contribution in [2.75, 3.05) is 31.1 Å². The van der Waals surface area contributed by atoms with Gasteiger partial charge in [0.2, 0.25) is 5.91 Å². The fourth-order valence-electron chi connectivity index (χ4n) is 3.55. The summed E-state index contributed by atoms with van der Waals surface area (Å²) >= 11 is 0. The Morgan fingerprint density at radius 1 is 1.28 bits per heavy atom. The summed E-state index contributed by atoms with van der Waals surface area (Å²) in [5.41, 5.74) is 0.516. The van der Waals surface area contributed by atoms with Gasteiger partial charge in [-0.25, -0.2) is 9.18 Å². The van der Waals surface area contributed by atoms with Crippen molar-refractivity contribution in [3.63, 3.8) is 0 Å². The molecule has 1 aromatic rings. The van der Waals surface area contributed by atoms with Gasteiger partial charge in [0.1, 0.15) is 11.9 Å². The van der Waals surface area contributed by atoms with E-state index in [1.165, 1.54) is 17.0 Å². The van der Waals surface area contributed by atoms with Gasteiger partial charge in [0, 0.05) is 31.9 Å². The number of benzene rings is 1. The predicted octanol–water partition coefficient (Wildman–Crippen LogP) is 1.74. The largest absolute Gasteiger partial charge is 0.396 e. The lowest BCUT2D eigenvalue weighted by molar-refractivity contribution is -0.121. The number of nitrogens with one attached hydrogen (secondary N) is 1. The maximum atomic E-state index is 13.4. The fourth-order valence-corrected chi connectivity index (χ4v) is 3.55. The lowest BCUT2D eigenvalue weighted by atomic mass is 9.99. The molecule has 0 radical (unpaired) electrons. The van der Waals surface area contributed by atoms with Crippen LogP contribution in [0.2, 0.25) is 0 Å². The van der Waals surface area contributed by atoms with E-state index in [4.69, 9.17) is 0 Å². The van der Waals surface area contributed by atoms with Crippen LogP contribution in [0.5, 0.6) is 0 Å². The zero-order chi connectivity index (χ0) is 17.8. The predicted molar refractivity (Wildman–Crippen MR) is 91.7 cm³/mol. The highest BCUT2D eigenvalue weighted by Gasteiger charge is 2.33. The van der Waals surface area contributed by atoms with Crippen LogP contribution in [-0.4, -0.2) is 54.2 Å². The first-order chi connectivity index (χ1) is 12.1. The van der Waals surface area contributed by atoms with E-state index in [1.807, 2.05) is 0 Å². The van der Waals surface area contributed by atoms with Gasteiger partial charge in [-0.15, -0.1) is 0 Å². The summed E-state index contributed by atoms with van der Waals surface area (Å²) in [6.45, 7) is 1.73. The summed E-state index contributed by atoms with van der Waals surface area (Å²) in [4.78, 5) is 28.4. The normalized spacial score (nSPS) is 24.3. The van der Waals surface area contributed by atoms with Crippen LogP contribution in [0.4, 0.5) is 14.9 Å². The van der Waals surface area contributed by atoms with Crippen LogP contribution in [0.3, 0.4) is 0 Å². The number of urea groups is 1. The van der Waals surface area contributed by atoms with E-state index in [2.05, 4.69) is 5.32 Å². The van der Waals surface area contributed by atoms with Gasteiger partial charge >= 0.3 is 6.03 Å². The second-order valence-corrected chi connectivity index (χ2v) is 6.75. The first-order valence-electron chi connectivity index (χ1n) is 8.81. The fraction of sp³-hybridized carbons (Fsp3) is 0.556. The number of amides is 3. The summed E-state index contributed by atoms with van der Waals surface area (Å²) in [6, 6.07) is 5.07. The minimum atomic E-state index is -0.598. The van der Waals surface area contributed by atoms with Crippen LogP contribution in [0.15, 0.2) is 24.3 Å². The van der Waals surface area contributed by atoms with E-state index in [0.29, 0.717) is 31.7 Å². The lowest BCUT2D eigenvalue weighted by Gasteiger charge is -2.36. The number of hydrogen-bond acceptors (Lipinski definition) is 3. The van der Waals surface area contributed by atoms with Crippen molar-refractivity contribution < 1.29 is 19.1 Å². The molecule has 6 nitrogen and oxygen atoms in total. The third kappa shape index (κ3) is 4.10. The number of aliphatic hydroxyl groups excluding tert-OH is 1. The average molecular weight is 349 g/mol. The Morgan fingerprint density at radius 2 is 2.08 bits per heavy atom. The van der Waals surface area contributed by atoms with Crippen LogP contribution < -0.4 is 10.2 Å². The van der Waals surface area contributed by atoms with Gasteiger partial charge in [0.05, 0.1) is 0 Å². The highest BCUT2D eigenvalue weighted by molar-refractivity contribution is 5.99. The molecular weight excluding hydrogens is 325 g/mol. The van der Waals surface area contributed by atoms with Crippen LogP contribution >= 0.6 is 0 Å². The van der Waals surface area contributed by atoms with E-state index in [-0.39, 0.29) is 30.3 Å². The molecule has 2 saturated heterocycles. The number of halogens is 1. The van der Waals surface area contributed by atoms with E-state index in [0.717, 1.165) is 19.3 Å². The van der Waals surface area contributed by atoms with Crippen molar-refractivity contribution >= 4 is 17.6 Å². The van der Waals surface area contributed by atoms with Gasteiger partial charge in [-0.2, -0.15) is 0 Å². The Balaban J connectivity index is 1.64. The third-order valence-electron chi connectivity index (χ3n) is 4.92. The van der Waals surface area contributed by atoms with Crippen LogP contribution in [-0.2, 0) is 4.79 Å². The Morgan fingerprint density at radius 3 is 2.84 bits per heavy atom. The number of likely N-dealkylation sites (tertiary alicyclic amines) is 1. The average Bonchev–Trinajstić information content (AvgIpc) is 2.63. The molecule has 0 aliphatic carbocycles. The van der Waals surface area contributed by atoms with Gasteiger partial charge in [-0.3, -0.25) is 4.79 Å². The quantitative estimate of drug-likeness (QED) is 0.873. The molecule has 2 aliphatic rings. The van der Waals surface area contributed by atoms with E-state index >= 15 is 0 Å². The summed E-state index contributed by atoms with van der Waals surface area (Å²) < 4.78 is 13.4. The van der Waals surface area contributed by atoms with E-state index in [1.54, 1.807) is 17.0 Å². The Hall–Kier alpha value is -2.15. The smallest absolute Gasteiger partial charge is 0.318 e. The zero-order valence-electron chi connectivity index (χ0n) is 14.2. The molecular formula is C18H24FN3O3. The van der Waals surface area contributed by atoms with Crippen molar-refractivity contribution in [1.82, 2.24) is 10.2 Å². The second-order valence-electron chi connectivity index (χ2n) is 6.75. The highest BCUT2D eigenvalue weighted by Crippen LogP contribution is 2.22. The molecule has 0 aromatic heterocycles. The molecule has 3 amide bonds. The summed E-state index contributed by atoms with van der Waals surface area (Å²) in [5, 5.41) is 12.1. The van der Waals surface area contributed by atoms with Crippen molar-refractivity contribution in [3.05, 3.63) is 30.1 Å². The van der Waals surface area contributed by atoms with Crippen LogP contribution in [0.1, 0.15) is 25.7 Å². The summed E-state index contributed by atoms with van der Waals surface area (Å²) in [6.07, 6.45) is 3.09. The van der Waals surface area contributed by atoms with Gasteiger partial charge < -0.3 is 20.2 Å². The number of anilines is 1. The van der Waals surface area contributed by atoms with Crippen molar-refractivity contribution in [2.45, 2.75) is 31.7 Å². The Bertz CT molecular complexity index is 640. The van der Waals surface area contributed by atoms with E-state index < -0.39 is 6.04 Å². The summed E-state index contributed by atoms with van der Waals surface area (Å²) in [5.74, 6) is -0.494. The molecule has 2 N–H and O–H groups in total. The number of rotatable bonds is 3. The molecule has 3 rings (SSSR count). The van der Waals surface area contributed by atoms with Gasteiger partial charge in [0.15, 0.2) is 0 Å². The Kier molecular flexibility index (Phi) is 5.53. The van der Waals surface area contributed by atoms with Gasteiger partial charge in [-0.05, 0) is 49.8 Å². The lowest BCUT2D eigenvalue weighted by Crippen LogP contribution is -2.56. The molecule has 0 saturated carbocycles. The van der Waals surface area contributed by atoms with Crippen LogP contribution in [0, 0.1) is 11.7 Å². The second kappa shape index (κ2) is 7.82. The third-order valence-corrected chi connectivity index (χ3v) is 4.92. The SMILES string of the molecule is O=C(N[C@@H]1CCCN(c2cccc(F)c2)C1=O)N1CCC[C@@H](CO)C1. The first kappa shape index (κ1) is 17.7. The monoisotopic (exact) mass is 349 g/mol. The number of nitrogens with zero attached hydrogens (tertiary/aromatic N) is 2. The molecule has 2 aliphatic heterocycles. The molecule has 7 heteroatoms. The van der Waals surface area contributed by atoms with E-state index in [9.17, 15) is 19.1 Å². The standard InChI is InChI=1S/C18H24FN3O3/c19-14-5-1-6-15(10-14)22-9-3-7-16(17(22)24)20-18(25)21-8-2-4-13(11-21)12-23/h1,5-6,10,13,16,23H,2-4,7-9,11-12H2,(H,20,25)/t13-,16-/m1/s1. The van der Waals surface area contributed by atoms with Crippen molar-refractivity contribution in [3.8, 4) is 0 Å². The number of hydrogen-bond donors (Lipinski definition) is 2. The molecule has 0 spiro atoms. The minimum absolute atomic E-state index is 0.0689. The van der Waals surface area contributed by atoms with Crippen LogP contribution in [0.25, 0.3) is 0 Å². The van der Waals surface area contributed by atoms with Crippen molar-refractivity contribution in [1.29, 1.82) is 0 Å². The molecule has 0 unspecified atom stereocenters. The molecule has 0 bridgehead atoms. The Labute approximate surface area is 146 Å². The maximum absolute atomic E-state index is 13.4. The zero-order valence-corrected chi connectivity index (χ0v) is 14.2. The molecule has 25 heavy (non-hydrogen) atoms. The maximum Gasteiger partial charge on any atom is 0.318 e. The van der Waals surface area contributed by atoms with Gasteiger partial charge in [0.25, 0.3) is 0 Å². The molecule has 2 fully saturated rings. The molecule has 2 heterocycles. The minimum Gasteiger partial charge on any atom is -0.396 e. The molecule has 136 valence electrons. The molecule has 2 atom stereocenters. The molecule has 1 aromatic carbocycles. The van der Waals surface area contributed by atoms with Crippen molar-refractivity contribution in [2.24, 2.45) is 5.92 Å². The highest BCUT2D eigenvalue weighted by atomic mass is 19.1. The number of carbonyl (C=O) groups excluding carboxylic acids is 2. The number of carbonyl (C=O) groups is 2. The topological polar surface area (TPSA) is 72.9 Å². The van der Waals surface area contributed by atoms with Gasteiger partial charge in [-0.1, -0.05) is 6.07 Å². The number of piperidine rings is 2. The summed E-state index contributed by atoms with van der Waals surface area (Å²) in [7, 11) is 0. The first-order valence-corrected chi connectivity index (χ1v) is 8.81. The number of aliphatic hydroxyl groups is 1.